The maximum absolute atomic E-state index is 13.8. The normalized spacial score (nSPS) is 15.9. The highest BCUT2D eigenvalue weighted by Crippen LogP contribution is 2.29. The van der Waals surface area contributed by atoms with Crippen molar-refractivity contribution in [3.63, 3.8) is 0 Å². The van der Waals surface area contributed by atoms with Crippen molar-refractivity contribution in [2.75, 3.05) is 24.7 Å². The molecule has 2 N–H and O–H groups in total. The number of rotatable bonds is 6. The van der Waals surface area contributed by atoms with Crippen LogP contribution in [0.1, 0.15) is 25.3 Å². The van der Waals surface area contributed by atoms with E-state index in [9.17, 15) is 9.59 Å². The lowest BCUT2D eigenvalue weighted by molar-refractivity contribution is -0.132. The lowest BCUT2D eigenvalue weighted by atomic mass is 10.0. The van der Waals surface area contributed by atoms with Gasteiger partial charge in [-0.3, -0.25) is 13.9 Å². The summed E-state index contributed by atoms with van der Waals surface area (Å²) in [4.78, 5) is 32.3. The first-order valence-corrected chi connectivity index (χ1v) is 12.1. The Morgan fingerprint density at radius 3 is 2.57 bits per heavy atom. The van der Waals surface area contributed by atoms with Gasteiger partial charge < -0.3 is 15.4 Å². The Labute approximate surface area is 207 Å². The number of para-hydroxylation sites is 1. The van der Waals surface area contributed by atoms with Crippen LogP contribution in [0, 0.1) is 0 Å². The summed E-state index contributed by atoms with van der Waals surface area (Å²) in [5, 5.41) is 0. The van der Waals surface area contributed by atoms with Crippen molar-refractivity contribution >= 4 is 34.4 Å². The second-order valence-corrected chi connectivity index (χ2v) is 8.91. The number of pyridine rings is 1. The summed E-state index contributed by atoms with van der Waals surface area (Å²) in [6, 6.07) is 18.4. The van der Waals surface area contributed by atoms with Crippen molar-refractivity contribution < 1.29 is 9.53 Å². The highest BCUT2D eigenvalue weighted by Gasteiger charge is 2.29. The van der Waals surface area contributed by atoms with Gasteiger partial charge in [-0.15, -0.1) is 11.6 Å². The summed E-state index contributed by atoms with van der Waals surface area (Å²) < 4.78 is 9.23. The first kappa shape index (κ1) is 23.0. The molecule has 1 fully saturated rings. The minimum Gasteiger partial charge on any atom is -0.457 e. The van der Waals surface area contributed by atoms with E-state index in [0.29, 0.717) is 42.0 Å². The predicted octanol–water partition coefficient (Wildman–Crippen LogP) is 4.35. The Kier molecular flexibility index (Phi) is 6.46. The summed E-state index contributed by atoms with van der Waals surface area (Å²) >= 11 is 5.78. The molecule has 0 saturated carbocycles. The van der Waals surface area contributed by atoms with Crippen molar-refractivity contribution in [3.05, 3.63) is 77.3 Å². The number of alkyl halides is 1. The van der Waals surface area contributed by atoms with Crippen LogP contribution >= 0.6 is 11.6 Å². The number of nitrogens with two attached hydrogens (primary N) is 1. The molecule has 9 heteroatoms. The van der Waals surface area contributed by atoms with Gasteiger partial charge in [0.15, 0.2) is 0 Å². The fraction of sp³-hybridized carbons (Fsp3) is 0.269. The molecule has 1 aliphatic heterocycles. The number of anilines is 1. The number of carbonyl (C=O) groups excluding carboxylic acids is 1. The quantitative estimate of drug-likeness (QED) is 0.404. The van der Waals surface area contributed by atoms with Crippen LogP contribution < -0.4 is 16.2 Å². The Morgan fingerprint density at radius 1 is 1.09 bits per heavy atom. The molecule has 2 aromatic heterocycles. The number of hydrogen-bond acceptors (Lipinski definition) is 5. The van der Waals surface area contributed by atoms with Crippen LogP contribution in [0.4, 0.5) is 5.82 Å². The van der Waals surface area contributed by atoms with Crippen LogP contribution in [-0.2, 0) is 4.79 Å². The molecular formula is C26H26ClN5O3. The topological polar surface area (TPSA) is 95.4 Å². The number of piperidine rings is 1. The minimum absolute atomic E-state index is 0.0108. The van der Waals surface area contributed by atoms with Crippen molar-refractivity contribution in [3.8, 4) is 17.2 Å². The van der Waals surface area contributed by atoms with E-state index in [4.69, 9.17) is 22.1 Å². The molecule has 180 valence electrons. The van der Waals surface area contributed by atoms with Gasteiger partial charge in [0.05, 0.1) is 17.2 Å². The number of benzene rings is 2. The smallest absolute Gasteiger partial charge is 0.334 e. The Morgan fingerprint density at radius 2 is 1.83 bits per heavy atom. The number of aromatic nitrogens is 3. The molecular weight excluding hydrogens is 466 g/mol. The van der Waals surface area contributed by atoms with E-state index < -0.39 is 0 Å². The molecule has 0 unspecified atom stereocenters. The Hall–Kier alpha value is -3.78. The lowest BCUT2D eigenvalue weighted by Gasteiger charge is -2.33. The maximum atomic E-state index is 13.8. The van der Waals surface area contributed by atoms with E-state index in [1.807, 2.05) is 54.6 Å². The Balaban J connectivity index is 1.53. The third kappa shape index (κ3) is 4.49. The number of carbonyl (C=O) groups is 1. The van der Waals surface area contributed by atoms with Crippen LogP contribution in [0.25, 0.3) is 16.7 Å². The third-order valence-electron chi connectivity index (χ3n) is 6.31. The van der Waals surface area contributed by atoms with Gasteiger partial charge in [0.1, 0.15) is 22.8 Å². The molecule has 0 aliphatic carbocycles. The number of ether oxygens (including phenoxy) is 1. The number of fused-ring (bicyclic) bond motifs is 1. The van der Waals surface area contributed by atoms with Crippen molar-refractivity contribution in [2.24, 2.45) is 0 Å². The van der Waals surface area contributed by atoms with Crippen LogP contribution in [0.5, 0.6) is 11.5 Å². The third-order valence-corrected chi connectivity index (χ3v) is 6.50. The molecule has 3 heterocycles. The average Bonchev–Trinajstić information content (AvgIpc) is 3.18. The van der Waals surface area contributed by atoms with Gasteiger partial charge in [-0.2, -0.15) is 0 Å². The summed E-state index contributed by atoms with van der Waals surface area (Å²) in [7, 11) is 0. The fourth-order valence-electron chi connectivity index (χ4n) is 4.70. The standard InChI is InChI=1S/C26H26ClN5O3/c27-14-12-23(33)30-16-4-5-19(17-30)31-22-13-15-29-25(28)24(22)32(26(31)34)18-8-10-21(11-9-18)35-20-6-2-1-3-7-20/h1-3,6-11,13,15,19H,4-5,12,14,16-17H2,(H2,28,29)/t19-/m1/s1. The molecule has 1 atom stereocenters. The highest BCUT2D eigenvalue weighted by molar-refractivity contribution is 6.18. The minimum atomic E-state index is -0.215. The molecule has 35 heavy (non-hydrogen) atoms. The average molecular weight is 492 g/mol. The zero-order valence-electron chi connectivity index (χ0n) is 19.1. The zero-order chi connectivity index (χ0) is 24.4. The molecule has 8 nitrogen and oxygen atoms in total. The first-order valence-electron chi connectivity index (χ1n) is 11.6. The summed E-state index contributed by atoms with van der Waals surface area (Å²) in [5.74, 6) is 1.95. The van der Waals surface area contributed by atoms with Gasteiger partial charge in [-0.25, -0.2) is 9.78 Å². The van der Waals surface area contributed by atoms with E-state index in [-0.39, 0.29) is 29.3 Å². The van der Waals surface area contributed by atoms with Crippen molar-refractivity contribution in [1.29, 1.82) is 0 Å². The van der Waals surface area contributed by atoms with Crippen molar-refractivity contribution in [1.82, 2.24) is 19.0 Å². The molecule has 1 saturated heterocycles. The molecule has 0 radical (unpaired) electrons. The van der Waals surface area contributed by atoms with Crippen LogP contribution in [0.2, 0.25) is 0 Å². The van der Waals surface area contributed by atoms with Crippen LogP contribution in [0.15, 0.2) is 71.7 Å². The number of hydrogen-bond donors (Lipinski definition) is 1. The SMILES string of the molecule is Nc1nccc2c1n(-c1ccc(Oc3ccccc3)cc1)c(=O)n2[C@@H]1CCCN(C(=O)CCCl)C1. The van der Waals surface area contributed by atoms with Gasteiger partial charge >= 0.3 is 5.69 Å². The van der Waals surface area contributed by atoms with E-state index in [0.717, 1.165) is 18.6 Å². The number of halogens is 1. The summed E-state index contributed by atoms with van der Waals surface area (Å²) in [5.41, 5.74) is 7.96. The molecule has 1 amide bonds. The van der Waals surface area contributed by atoms with E-state index >= 15 is 0 Å². The first-order chi connectivity index (χ1) is 17.1. The lowest BCUT2D eigenvalue weighted by Crippen LogP contribution is -2.43. The van der Waals surface area contributed by atoms with Crippen LogP contribution in [0.3, 0.4) is 0 Å². The number of amides is 1. The predicted molar refractivity (Wildman–Crippen MR) is 136 cm³/mol. The fourth-order valence-corrected chi connectivity index (χ4v) is 4.86. The van der Waals surface area contributed by atoms with Gasteiger partial charge in [0, 0.05) is 31.6 Å². The number of imidazole rings is 1. The second kappa shape index (κ2) is 9.84. The monoisotopic (exact) mass is 491 g/mol. The van der Waals surface area contributed by atoms with Gasteiger partial charge in [-0.1, -0.05) is 18.2 Å². The van der Waals surface area contributed by atoms with Gasteiger partial charge in [0.2, 0.25) is 5.91 Å². The van der Waals surface area contributed by atoms with E-state index in [1.54, 1.807) is 26.3 Å². The molecule has 2 aromatic carbocycles. The molecule has 0 spiro atoms. The number of nitrogens with zero attached hydrogens (tertiary/aromatic N) is 4. The summed E-state index contributed by atoms with van der Waals surface area (Å²) in [6.45, 7) is 1.13. The Bertz CT molecular complexity index is 1400. The molecule has 5 rings (SSSR count). The van der Waals surface area contributed by atoms with Crippen molar-refractivity contribution in [2.45, 2.75) is 25.3 Å². The molecule has 4 aromatic rings. The van der Waals surface area contributed by atoms with Gasteiger partial charge in [-0.05, 0) is 55.3 Å². The molecule has 0 bridgehead atoms. The zero-order valence-corrected chi connectivity index (χ0v) is 19.9. The number of likely N-dealkylation sites (tertiary alicyclic amines) is 1. The van der Waals surface area contributed by atoms with Gasteiger partial charge in [0.25, 0.3) is 0 Å². The maximum Gasteiger partial charge on any atom is 0.334 e. The van der Waals surface area contributed by atoms with Crippen LogP contribution in [-0.4, -0.2) is 43.9 Å². The highest BCUT2D eigenvalue weighted by atomic mass is 35.5. The van der Waals surface area contributed by atoms with E-state index in [1.165, 1.54) is 0 Å². The number of nitrogen functional groups attached to an aromatic ring is 1. The molecule has 1 aliphatic rings. The second-order valence-electron chi connectivity index (χ2n) is 8.54. The largest absolute Gasteiger partial charge is 0.457 e. The van der Waals surface area contributed by atoms with E-state index in [2.05, 4.69) is 4.98 Å². The summed E-state index contributed by atoms with van der Waals surface area (Å²) in [6.07, 6.45) is 3.49.